The van der Waals surface area contributed by atoms with E-state index in [9.17, 15) is 8.78 Å². The standard InChI is InChI=1S/C10H10ClF2N.ClH/c11-6-3-4-7(12)8(9(6)13)10(14)5-1-2-5;/h3-5,10H,1-2,14H2;1H/t10-;/m1./s1. The average Bonchev–Trinajstić information content (AvgIpc) is 2.95. The molecule has 0 aromatic heterocycles. The molecule has 1 fully saturated rings. The van der Waals surface area contributed by atoms with Crippen molar-refractivity contribution in [3.05, 3.63) is 34.4 Å². The molecule has 0 bridgehead atoms. The highest BCUT2D eigenvalue weighted by molar-refractivity contribution is 6.30. The Labute approximate surface area is 98.0 Å². The summed E-state index contributed by atoms with van der Waals surface area (Å²) in [5.74, 6) is -1.12. The molecule has 1 atom stereocenters. The van der Waals surface area contributed by atoms with Crippen molar-refractivity contribution in [2.45, 2.75) is 18.9 Å². The van der Waals surface area contributed by atoms with Gasteiger partial charge in [0.25, 0.3) is 0 Å². The van der Waals surface area contributed by atoms with Gasteiger partial charge in [-0.15, -0.1) is 12.4 Å². The SMILES string of the molecule is Cl.N[C@@H](c1c(F)ccc(Cl)c1F)C1CC1. The maximum absolute atomic E-state index is 13.4. The molecule has 2 rings (SSSR count). The highest BCUT2D eigenvalue weighted by atomic mass is 35.5. The molecule has 0 unspecified atom stereocenters. The van der Waals surface area contributed by atoms with E-state index in [0.717, 1.165) is 18.9 Å². The molecule has 0 amide bonds. The lowest BCUT2D eigenvalue weighted by atomic mass is 10.0. The summed E-state index contributed by atoms with van der Waals surface area (Å²) in [6, 6.07) is 1.80. The second-order valence-electron chi connectivity index (χ2n) is 3.62. The minimum absolute atomic E-state index is 0. The summed E-state index contributed by atoms with van der Waals surface area (Å²) in [7, 11) is 0. The fraction of sp³-hybridized carbons (Fsp3) is 0.400. The van der Waals surface area contributed by atoms with Crippen LogP contribution in [0.2, 0.25) is 5.02 Å². The Morgan fingerprint density at radius 1 is 1.33 bits per heavy atom. The van der Waals surface area contributed by atoms with Gasteiger partial charge in [-0.2, -0.15) is 0 Å². The summed E-state index contributed by atoms with van der Waals surface area (Å²) in [6.07, 6.45) is 1.87. The monoisotopic (exact) mass is 253 g/mol. The van der Waals surface area contributed by atoms with Crippen molar-refractivity contribution in [1.82, 2.24) is 0 Å². The smallest absolute Gasteiger partial charge is 0.149 e. The number of hydrogen-bond acceptors (Lipinski definition) is 1. The van der Waals surface area contributed by atoms with Crippen molar-refractivity contribution >= 4 is 24.0 Å². The van der Waals surface area contributed by atoms with Gasteiger partial charge in [0.2, 0.25) is 0 Å². The summed E-state index contributed by atoms with van der Waals surface area (Å²) >= 11 is 5.56. The lowest BCUT2D eigenvalue weighted by molar-refractivity contribution is 0.504. The van der Waals surface area contributed by atoms with E-state index in [1.54, 1.807) is 0 Å². The van der Waals surface area contributed by atoms with Crippen LogP contribution >= 0.6 is 24.0 Å². The molecular weight excluding hydrogens is 243 g/mol. The van der Waals surface area contributed by atoms with Crippen LogP contribution in [-0.4, -0.2) is 0 Å². The Hall–Kier alpha value is -0.380. The topological polar surface area (TPSA) is 26.0 Å². The predicted molar refractivity (Wildman–Crippen MR) is 58.3 cm³/mol. The van der Waals surface area contributed by atoms with Crippen molar-refractivity contribution in [3.63, 3.8) is 0 Å². The first kappa shape index (κ1) is 12.7. The molecule has 1 aliphatic carbocycles. The van der Waals surface area contributed by atoms with Gasteiger partial charge in [-0.25, -0.2) is 8.78 Å². The van der Waals surface area contributed by atoms with Crippen molar-refractivity contribution in [2.75, 3.05) is 0 Å². The van der Waals surface area contributed by atoms with Crippen LogP contribution < -0.4 is 5.73 Å². The maximum Gasteiger partial charge on any atom is 0.149 e. The third-order valence-corrected chi connectivity index (χ3v) is 2.83. The molecule has 2 N–H and O–H groups in total. The van der Waals surface area contributed by atoms with Crippen LogP contribution in [0, 0.1) is 17.6 Å². The van der Waals surface area contributed by atoms with E-state index >= 15 is 0 Å². The molecular formula is C10H11Cl2F2N. The summed E-state index contributed by atoms with van der Waals surface area (Å²) in [4.78, 5) is 0. The first-order valence-electron chi connectivity index (χ1n) is 4.50. The zero-order chi connectivity index (χ0) is 10.3. The van der Waals surface area contributed by atoms with Crippen molar-refractivity contribution < 1.29 is 8.78 Å². The first-order valence-corrected chi connectivity index (χ1v) is 4.88. The van der Waals surface area contributed by atoms with E-state index < -0.39 is 17.7 Å². The normalized spacial score (nSPS) is 17.1. The molecule has 5 heteroatoms. The van der Waals surface area contributed by atoms with E-state index in [0.29, 0.717) is 0 Å². The largest absolute Gasteiger partial charge is 0.324 e. The molecule has 1 nitrogen and oxygen atoms in total. The molecule has 0 heterocycles. The van der Waals surface area contributed by atoms with Gasteiger partial charge in [-0.05, 0) is 30.9 Å². The van der Waals surface area contributed by atoms with Gasteiger partial charge in [0.05, 0.1) is 5.02 Å². The molecule has 1 aromatic rings. The third kappa shape index (κ3) is 2.41. The van der Waals surface area contributed by atoms with E-state index in [1.165, 1.54) is 6.07 Å². The Balaban J connectivity index is 0.00000112. The summed E-state index contributed by atoms with van der Waals surface area (Å²) in [5, 5.41) is -0.0718. The Morgan fingerprint density at radius 3 is 2.47 bits per heavy atom. The van der Waals surface area contributed by atoms with Gasteiger partial charge in [-0.3, -0.25) is 0 Å². The lowest BCUT2D eigenvalue weighted by Gasteiger charge is -2.13. The van der Waals surface area contributed by atoms with E-state index in [1.807, 2.05) is 0 Å². The van der Waals surface area contributed by atoms with Gasteiger partial charge < -0.3 is 5.73 Å². The summed E-state index contributed by atoms with van der Waals surface area (Å²) in [5.41, 5.74) is 5.66. The van der Waals surface area contributed by atoms with Crippen LogP contribution in [-0.2, 0) is 0 Å². The minimum Gasteiger partial charge on any atom is -0.324 e. The Bertz CT molecular complexity index is 367. The van der Waals surface area contributed by atoms with Gasteiger partial charge >= 0.3 is 0 Å². The molecule has 84 valence electrons. The highest BCUT2D eigenvalue weighted by Gasteiger charge is 2.33. The third-order valence-electron chi connectivity index (χ3n) is 2.54. The van der Waals surface area contributed by atoms with Crippen LogP contribution in [0.5, 0.6) is 0 Å². The zero-order valence-corrected chi connectivity index (χ0v) is 9.42. The first-order chi connectivity index (χ1) is 6.61. The zero-order valence-electron chi connectivity index (χ0n) is 7.84. The quantitative estimate of drug-likeness (QED) is 0.803. The predicted octanol–water partition coefficient (Wildman–Crippen LogP) is 3.45. The van der Waals surface area contributed by atoms with Crippen LogP contribution in [0.1, 0.15) is 24.4 Å². The fourth-order valence-corrected chi connectivity index (χ4v) is 1.70. The molecule has 15 heavy (non-hydrogen) atoms. The minimum atomic E-state index is -0.717. The Morgan fingerprint density at radius 2 is 1.93 bits per heavy atom. The molecule has 1 aliphatic rings. The van der Waals surface area contributed by atoms with Crippen molar-refractivity contribution in [2.24, 2.45) is 11.7 Å². The van der Waals surface area contributed by atoms with E-state index in [-0.39, 0.29) is 28.9 Å². The second-order valence-corrected chi connectivity index (χ2v) is 4.03. The number of rotatable bonds is 2. The van der Waals surface area contributed by atoms with E-state index in [4.69, 9.17) is 17.3 Å². The summed E-state index contributed by atoms with van der Waals surface area (Å²) in [6.45, 7) is 0. The molecule has 0 spiro atoms. The van der Waals surface area contributed by atoms with Crippen LogP contribution in [0.4, 0.5) is 8.78 Å². The molecule has 1 aromatic carbocycles. The van der Waals surface area contributed by atoms with Gasteiger partial charge in [0.1, 0.15) is 11.6 Å². The fourth-order valence-electron chi connectivity index (χ4n) is 1.54. The number of benzene rings is 1. The number of nitrogens with two attached hydrogens (primary N) is 1. The van der Waals surface area contributed by atoms with E-state index in [2.05, 4.69) is 0 Å². The number of hydrogen-bond donors (Lipinski definition) is 1. The highest BCUT2D eigenvalue weighted by Crippen LogP contribution is 2.41. The molecule has 0 aliphatic heterocycles. The molecule has 1 saturated carbocycles. The van der Waals surface area contributed by atoms with Crippen molar-refractivity contribution in [1.29, 1.82) is 0 Å². The average molecular weight is 254 g/mol. The second kappa shape index (κ2) is 4.64. The molecule has 0 radical (unpaired) electrons. The van der Waals surface area contributed by atoms with Crippen LogP contribution in [0.25, 0.3) is 0 Å². The van der Waals surface area contributed by atoms with Crippen LogP contribution in [0.15, 0.2) is 12.1 Å². The lowest BCUT2D eigenvalue weighted by Crippen LogP contribution is -2.16. The number of halogens is 4. The summed E-state index contributed by atoms with van der Waals surface area (Å²) < 4.78 is 26.7. The van der Waals surface area contributed by atoms with Gasteiger partial charge in [0, 0.05) is 11.6 Å². The maximum atomic E-state index is 13.4. The van der Waals surface area contributed by atoms with Gasteiger partial charge in [-0.1, -0.05) is 11.6 Å². The van der Waals surface area contributed by atoms with Crippen molar-refractivity contribution in [3.8, 4) is 0 Å². The Kier molecular flexibility index (Phi) is 3.93. The molecule has 0 saturated heterocycles. The van der Waals surface area contributed by atoms with Crippen LogP contribution in [0.3, 0.4) is 0 Å². The van der Waals surface area contributed by atoms with Gasteiger partial charge in [0.15, 0.2) is 0 Å².